The molecule has 2 aromatic heterocycles. The number of H-pyrrole nitrogens is 1. The number of benzene rings is 1. The van der Waals surface area contributed by atoms with Crippen molar-refractivity contribution >= 4 is 21.7 Å². The highest BCUT2D eigenvalue weighted by atomic mass is 32.2. The molecular weight excluding hydrogens is 354 g/mol. The third-order valence-corrected chi connectivity index (χ3v) is 4.87. The molecule has 0 unspecified atom stereocenters. The van der Waals surface area contributed by atoms with Crippen molar-refractivity contribution in [2.24, 2.45) is 7.05 Å². The van der Waals surface area contributed by atoms with Gasteiger partial charge in [0.15, 0.2) is 10.7 Å². The van der Waals surface area contributed by atoms with Gasteiger partial charge in [0.2, 0.25) is 0 Å². The van der Waals surface area contributed by atoms with Crippen molar-refractivity contribution in [3.8, 4) is 17.1 Å². The second-order valence-electron chi connectivity index (χ2n) is 6.00. The molecule has 0 aliphatic rings. The minimum absolute atomic E-state index is 0.142. The molecule has 0 spiro atoms. The first-order chi connectivity index (χ1) is 12.5. The van der Waals surface area contributed by atoms with E-state index < -0.39 is 10.7 Å². The van der Waals surface area contributed by atoms with E-state index >= 15 is 0 Å². The fourth-order valence-corrected chi connectivity index (χ4v) is 3.50. The Morgan fingerprint density at radius 2 is 2.04 bits per heavy atom. The van der Waals surface area contributed by atoms with Gasteiger partial charge in [-0.3, -0.25) is 4.79 Å². The van der Waals surface area contributed by atoms with Crippen LogP contribution in [-0.2, 0) is 24.2 Å². The highest BCUT2D eigenvalue weighted by Crippen LogP contribution is 2.30. The first kappa shape index (κ1) is 18.2. The van der Waals surface area contributed by atoms with Crippen LogP contribution < -0.4 is 10.3 Å². The zero-order chi connectivity index (χ0) is 18.8. The average molecular weight is 375 g/mol. The van der Waals surface area contributed by atoms with Crippen LogP contribution in [0.15, 0.2) is 34.1 Å². The number of rotatable bonds is 6. The summed E-state index contributed by atoms with van der Waals surface area (Å²) in [5.41, 5.74) is 2.34. The molecule has 1 N–H and O–H groups in total. The van der Waals surface area contributed by atoms with Gasteiger partial charge in [-0.05, 0) is 37.1 Å². The van der Waals surface area contributed by atoms with E-state index in [2.05, 4.69) is 16.9 Å². The van der Waals surface area contributed by atoms with Crippen molar-refractivity contribution in [3.05, 3.63) is 40.3 Å². The Balaban J connectivity index is 2.29. The number of ether oxygens (including phenoxy) is 1. The van der Waals surface area contributed by atoms with Gasteiger partial charge in [0.25, 0.3) is 5.56 Å². The third-order valence-electron chi connectivity index (χ3n) is 4.17. The number of hydrogen-bond acceptors (Lipinski definition) is 5. The summed E-state index contributed by atoms with van der Waals surface area (Å²) in [5, 5.41) is 0. The van der Waals surface area contributed by atoms with Crippen LogP contribution in [0.5, 0.6) is 5.75 Å². The van der Waals surface area contributed by atoms with Crippen LogP contribution >= 0.6 is 0 Å². The molecule has 0 amide bonds. The van der Waals surface area contributed by atoms with Crippen molar-refractivity contribution in [2.45, 2.75) is 31.6 Å². The summed E-state index contributed by atoms with van der Waals surface area (Å²) in [6, 6.07) is 4.53. The summed E-state index contributed by atoms with van der Waals surface area (Å²) in [7, 11) is -0.941. The number of nitrogens with one attached hydrogen (secondary N) is 1. The van der Waals surface area contributed by atoms with Crippen LogP contribution in [-0.4, -0.2) is 29.6 Å². The smallest absolute Gasteiger partial charge is 0.297 e. The summed E-state index contributed by atoms with van der Waals surface area (Å²) < 4.78 is 30.1. The first-order valence-electron chi connectivity index (χ1n) is 8.46. The fourth-order valence-electron chi connectivity index (χ4n) is 3.07. The van der Waals surface area contributed by atoms with E-state index in [1.807, 2.05) is 20.2 Å². The molecule has 0 atom stereocenters. The summed E-state index contributed by atoms with van der Waals surface area (Å²) in [6.45, 7) is 4.32. The second-order valence-corrected chi connectivity index (χ2v) is 7.03. The van der Waals surface area contributed by atoms with Crippen molar-refractivity contribution in [3.63, 3.8) is 0 Å². The lowest BCUT2D eigenvalue weighted by molar-refractivity contribution is 0.341. The highest BCUT2D eigenvalue weighted by molar-refractivity contribution is 7.72. The van der Waals surface area contributed by atoms with Crippen molar-refractivity contribution < 1.29 is 13.2 Å². The predicted molar refractivity (Wildman–Crippen MR) is 101 cm³/mol. The Morgan fingerprint density at radius 3 is 2.69 bits per heavy atom. The molecule has 2 heterocycles. The molecule has 1 aromatic carbocycles. The average Bonchev–Trinajstić information content (AvgIpc) is 2.92. The number of thiol groups is 1. The molecule has 0 saturated heterocycles. The van der Waals surface area contributed by atoms with Crippen LogP contribution in [0, 0.1) is 0 Å². The van der Waals surface area contributed by atoms with Gasteiger partial charge in [-0.25, -0.2) is 8.42 Å². The third kappa shape index (κ3) is 3.24. The van der Waals surface area contributed by atoms with Crippen molar-refractivity contribution in [1.29, 1.82) is 0 Å². The normalized spacial score (nSPS) is 11.4. The molecule has 0 radical (unpaired) electrons. The fraction of sp³-hybridized carbons (Fsp3) is 0.333. The minimum atomic E-state index is -2.75. The molecule has 0 aliphatic heterocycles. The molecule has 0 fully saturated rings. The van der Waals surface area contributed by atoms with Gasteiger partial charge in [0.05, 0.1) is 22.6 Å². The van der Waals surface area contributed by atoms with Gasteiger partial charge in [0.1, 0.15) is 17.1 Å². The highest BCUT2D eigenvalue weighted by Gasteiger charge is 2.16. The maximum atomic E-state index is 12.6. The number of hydrogen-bond donors (Lipinski definition) is 2. The first-order valence-corrected chi connectivity index (χ1v) is 9.63. The lowest BCUT2D eigenvalue weighted by Crippen LogP contribution is -2.12. The predicted octanol–water partition coefficient (Wildman–Crippen LogP) is 2.25. The number of aromatic amines is 1. The van der Waals surface area contributed by atoms with E-state index in [-0.39, 0.29) is 10.5 Å². The van der Waals surface area contributed by atoms with E-state index in [1.165, 1.54) is 12.1 Å². The zero-order valence-corrected chi connectivity index (χ0v) is 15.8. The van der Waals surface area contributed by atoms with E-state index in [0.717, 1.165) is 23.9 Å². The van der Waals surface area contributed by atoms with Gasteiger partial charge in [0, 0.05) is 13.2 Å². The summed E-state index contributed by atoms with van der Waals surface area (Å²) >= 11 is 0. The van der Waals surface area contributed by atoms with Crippen LogP contribution in [0.3, 0.4) is 0 Å². The van der Waals surface area contributed by atoms with E-state index in [0.29, 0.717) is 29.3 Å². The van der Waals surface area contributed by atoms with Crippen LogP contribution in [0.1, 0.15) is 25.8 Å². The number of aryl methyl sites for hydroxylation is 2. The molecule has 138 valence electrons. The van der Waals surface area contributed by atoms with Gasteiger partial charge in [-0.15, -0.1) is 0 Å². The standard InChI is InChI=1S/C18H21N3O4S/c1-4-6-11-10-21(3)16-15(11)19-17(20-18(16)22)13-9-12(26(23)24)7-8-14(13)25-5-2/h7-10,26H,4-6H2,1-3H3,(H,19,20,22). The van der Waals surface area contributed by atoms with E-state index in [4.69, 9.17) is 4.74 Å². The lowest BCUT2D eigenvalue weighted by Gasteiger charge is -2.11. The summed E-state index contributed by atoms with van der Waals surface area (Å²) in [5.74, 6) is 0.775. The Labute approximate surface area is 152 Å². The van der Waals surface area contributed by atoms with Crippen LogP contribution in [0.2, 0.25) is 0 Å². The van der Waals surface area contributed by atoms with Gasteiger partial charge in [-0.1, -0.05) is 13.3 Å². The maximum Gasteiger partial charge on any atom is 0.297 e. The number of aromatic nitrogens is 3. The van der Waals surface area contributed by atoms with Crippen molar-refractivity contribution in [1.82, 2.24) is 14.5 Å². The Kier molecular flexibility index (Phi) is 5.13. The molecule has 0 bridgehead atoms. The molecule has 0 aliphatic carbocycles. The zero-order valence-electron chi connectivity index (χ0n) is 14.9. The molecular formula is C18H21N3O4S. The Morgan fingerprint density at radius 1 is 1.27 bits per heavy atom. The maximum absolute atomic E-state index is 12.6. The molecule has 0 saturated carbocycles. The molecule has 7 nitrogen and oxygen atoms in total. The molecule has 26 heavy (non-hydrogen) atoms. The summed E-state index contributed by atoms with van der Waals surface area (Å²) in [6.07, 6.45) is 3.68. The van der Waals surface area contributed by atoms with Gasteiger partial charge < -0.3 is 14.3 Å². The molecule has 8 heteroatoms. The minimum Gasteiger partial charge on any atom is -0.493 e. The van der Waals surface area contributed by atoms with Gasteiger partial charge in [-0.2, -0.15) is 4.98 Å². The molecule has 3 aromatic rings. The lowest BCUT2D eigenvalue weighted by atomic mass is 10.1. The monoisotopic (exact) mass is 375 g/mol. The second kappa shape index (κ2) is 7.33. The van der Waals surface area contributed by atoms with E-state index in [1.54, 1.807) is 10.6 Å². The SMILES string of the molecule is CCCc1cn(C)c2c(=O)nc(-c3cc([SH](=O)=O)ccc3OCC)[nH]c12. The van der Waals surface area contributed by atoms with Gasteiger partial charge >= 0.3 is 0 Å². The van der Waals surface area contributed by atoms with Crippen molar-refractivity contribution in [2.75, 3.05) is 6.61 Å². The number of fused-ring (bicyclic) bond motifs is 1. The summed E-state index contributed by atoms with van der Waals surface area (Å²) in [4.78, 5) is 20.1. The quantitative estimate of drug-likeness (QED) is 0.645. The topological polar surface area (TPSA) is 94.1 Å². The van der Waals surface area contributed by atoms with Crippen LogP contribution in [0.25, 0.3) is 22.4 Å². The Hall–Kier alpha value is -2.61. The Bertz CT molecular complexity index is 1090. The number of nitrogens with zero attached hydrogens (tertiary/aromatic N) is 2. The van der Waals surface area contributed by atoms with Crippen LogP contribution in [0.4, 0.5) is 0 Å². The largest absolute Gasteiger partial charge is 0.493 e. The van der Waals surface area contributed by atoms with E-state index in [9.17, 15) is 13.2 Å². The molecule has 3 rings (SSSR count).